The minimum atomic E-state index is 0.484. The molecule has 3 aromatic rings. The zero-order valence-electron chi connectivity index (χ0n) is 8.22. The molecule has 0 saturated heterocycles. The van der Waals surface area contributed by atoms with Gasteiger partial charge in [0.15, 0.2) is 0 Å². The predicted molar refractivity (Wildman–Crippen MR) is 67.9 cm³/mol. The number of aromatic nitrogens is 2. The Bertz CT molecular complexity index is 634. The second-order valence-electron chi connectivity index (χ2n) is 3.36. The number of benzene rings is 1. The molecule has 78 valence electrons. The molecular formula is C12H7ClN2S. The SMILES string of the molecule is Clc1cc2nc(-c3ccccc3)sc2cn1. The fourth-order valence-corrected chi connectivity index (χ4v) is 2.59. The van der Waals surface area contributed by atoms with Crippen molar-refractivity contribution in [2.45, 2.75) is 0 Å². The van der Waals surface area contributed by atoms with Gasteiger partial charge >= 0.3 is 0 Å². The number of hydrogen-bond donors (Lipinski definition) is 0. The van der Waals surface area contributed by atoms with Gasteiger partial charge in [0.2, 0.25) is 0 Å². The highest BCUT2D eigenvalue weighted by Crippen LogP contribution is 2.30. The molecule has 0 aliphatic heterocycles. The van der Waals surface area contributed by atoms with E-state index in [0.717, 1.165) is 20.8 Å². The van der Waals surface area contributed by atoms with E-state index in [1.54, 1.807) is 23.6 Å². The zero-order chi connectivity index (χ0) is 11.0. The Morgan fingerprint density at radius 1 is 1.12 bits per heavy atom. The van der Waals surface area contributed by atoms with Crippen molar-refractivity contribution in [3.05, 3.63) is 47.7 Å². The molecule has 2 nitrogen and oxygen atoms in total. The third-order valence-corrected chi connectivity index (χ3v) is 3.52. The lowest BCUT2D eigenvalue weighted by Crippen LogP contribution is -1.75. The minimum absolute atomic E-state index is 0.484. The standard InChI is InChI=1S/C12H7ClN2S/c13-11-6-9-10(7-14-11)16-12(15-9)8-4-2-1-3-5-8/h1-7H. The molecule has 2 aromatic heterocycles. The Morgan fingerprint density at radius 2 is 1.94 bits per heavy atom. The quantitative estimate of drug-likeness (QED) is 0.607. The van der Waals surface area contributed by atoms with Gasteiger partial charge in [-0.25, -0.2) is 9.97 Å². The van der Waals surface area contributed by atoms with E-state index in [9.17, 15) is 0 Å². The first-order chi connectivity index (χ1) is 7.83. The Kier molecular flexibility index (Phi) is 2.35. The third kappa shape index (κ3) is 1.68. The summed E-state index contributed by atoms with van der Waals surface area (Å²) in [7, 11) is 0. The van der Waals surface area contributed by atoms with Crippen LogP contribution in [-0.4, -0.2) is 9.97 Å². The number of rotatable bonds is 1. The fraction of sp³-hybridized carbons (Fsp3) is 0. The number of fused-ring (bicyclic) bond motifs is 1. The third-order valence-electron chi connectivity index (χ3n) is 2.26. The van der Waals surface area contributed by atoms with E-state index in [0.29, 0.717) is 5.15 Å². The minimum Gasteiger partial charge on any atom is -0.243 e. The number of hydrogen-bond acceptors (Lipinski definition) is 3. The Balaban J connectivity index is 2.19. The maximum absolute atomic E-state index is 5.83. The summed E-state index contributed by atoms with van der Waals surface area (Å²) in [5, 5.41) is 1.48. The van der Waals surface area contributed by atoms with Gasteiger partial charge in [-0.2, -0.15) is 0 Å². The van der Waals surface area contributed by atoms with Crippen LogP contribution in [0, 0.1) is 0 Å². The van der Waals surface area contributed by atoms with Crippen LogP contribution < -0.4 is 0 Å². The van der Waals surface area contributed by atoms with Gasteiger partial charge in [0.25, 0.3) is 0 Å². The van der Waals surface area contributed by atoms with E-state index in [4.69, 9.17) is 11.6 Å². The monoisotopic (exact) mass is 246 g/mol. The molecule has 3 rings (SSSR count). The Morgan fingerprint density at radius 3 is 2.75 bits per heavy atom. The van der Waals surface area contributed by atoms with Gasteiger partial charge in [-0.15, -0.1) is 11.3 Å². The number of pyridine rings is 1. The topological polar surface area (TPSA) is 25.8 Å². The van der Waals surface area contributed by atoms with Crippen molar-refractivity contribution in [3.8, 4) is 10.6 Å². The van der Waals surface area contributed by atoms with Crippen molar-refractivity contribution in [1.29, 1.82) is 0 Å². The van der Waals surface area contributed by atoms with Gasteiger partial charge in [0.05, 0.1) is 10.2 Å². The van der Waals surface area contributed by atoms with E-state index >= 15 is 0 Å². The Hall–Kier alpha value is -1.45. The van der Waals surface area contributed by atoms with Crippen LogP contribution >= 0.6 is 22.9 Å². The second kappa shape index (κ2) is 3.85. The summed E-state index contributed by atoms with van der Waals surface area (Å²) >= 11 is 7.45. The van der Waals surface area contributed by atoms with Crippen molar-refractivity contribution >= 4 is 33.2 Å². The normalized spacial score (nSPS) is 10.8. The molecule has 0 bridgehead atoms. The molecule has 16 heavy (non-hydrogen) atoms. The van der Waals surface area contributed by atoms with E-state index in [1.807, 2.05) is 30.3 Å². The molecule has 0 aliphatic rings. The van der Waals surface area contributed by atoms with Crippen LogP contribution in [0.3, 0.4) is 0 Å². The van der Waals surface area contributed by atoms with E-state index < -0.39 is 0 Å². The number of nitrogens with zero attached hydrogens (tertiary/aromatic N) is 2. The molecule has 0 aliphatic carbocycles. The van der Waals surface area contributed by atoms with Gasteiger partial charge in [0.1, 0.15) is 10.2 Å². The molecule has 0 amide bonds. The number of halogens is 1. The maximum atomic E-state index is 5.83. The molecule has 2 heterocycles. The molecule has 4 heteroatoms. The highest BCUT2D eigenvalue weighted by Gasteiger charge is 2.06. The first-order valence-corrected chi connectivity index (χ1v) is 6.00. The van der Waals surface area contributed by atoms with E-state index in [-0.39, 0.29) is 0 Å². The average molecular weight is 247 g/mol. The maximum Gasteiger partial charge on any atom is 0.131 e. The molecule has 0 N–H and O–H groups in total. The molecule has 0 atom stereocenters. The van der Waals surface area contributed by atoms with Crippen LogP contribution in [0.5, 0.6) is 0 Å². The van der Waals surface area contributed by atoms with Crippen LogP contribution in [0.2, 0.25) is 5.15 Å². The Labute approximate surface area is 102 Å². The largest absolute Gasteiger partial charge is 0.243 e. The molecule has 0 saturated carbocycles. The van der Waals surface area contributed by atoms with Gasteiger partial charge in [-0.05, 0) is 0 Å². The second-order valence-corrected chi connectivity index (χ2v) is 4.78. The molecule has 0 radical (unpaired) electrons. The predicted octanol–water partition coefficient (Wildman–Crippen LogP) is 4.01. The number of thiazole rings is 1. The summed E-state index contributed by atoms with van der Waals surface area (Å²) in [4.78, 5) is 8.59. The van der Waals surface area contributed by atoms with Gasteiger partial charge in [-0.3, -0.25) is 0 Å². The highest BCUT2D eigenvalue weighted by molar-refractivity contribution is 7.21. The molecule has 1 aromatic carbocycles. The summed E-state index contributed by atoms with van der Waals surface area (Å²) in [6.45, 7) is 0. The lowest BCUT2D eigenvalue weighted by molar-refractivity contribution is 1.35. The fourth-order valence-electron chi connectivity index (χ4n) is 1.51. The zero-order valence-corrected chi connectivity index (χ0v) is 9.79. The van der Waals surface area contributed by atoms with Crippen LogP contribution in [-0.2, 0) is 0 Å². The molecule has 0 spiro atoms. The van der Waals surface area contributed by atoms with Crippen LogP contribution in [0.4, 0.5) is 0 Å². The van der Waals surface area contributed by atoms with Crippen molar-refractivity contribution in [2.24, 2.45) is 0 Å². The highest BCUT2D eigenvalue weighted by atomic mass is 35.5. The van der Waals surface area contributed by atoms with Gasteiger partial charge < -0.3 is 0 Å². The van der Waals surface area contributed by atoms with Crippen molar-refractivity contribution < 1.29 is 0 Å². The van der Waals surface area contributed by atoms with Crippen molar-refractivity contribution in [3.63, 3.8) is 0 Å². The lowest BCUT2D eigenvalue weighted by Gasteiger charge is -1.92. The summed E-state index contributed by atoms with van der Waals surface area (Å²) < 4.78 is 1.06. The summed E-state index contributed by atoms with van der Waals surface area (Å²) in [6, 6.07) is 11.9. The van der Waals surface area contributed by atoms with Crippen LogP contribution in [0.15, 0.2) is 42.6 Å². The summed E-state index contributed by atoms with van der Waals surface area (Å²) in [5.74, 6) is 0. The van der Waals surface area contributed by atoms with Crippen LogP contribution in [0.1, 0.15) is 0 Å². The lowest BCUT2D eigenvalue weighted by atomic mass is 10.2. The van der Waals surface area contributed by atoms with E-state index in [1.165, 1.54) is 0 Å². The summed E-state index contributed by atoms with van der Waals surface area (Å²) in [5.41, 5.74) is 2.03. The smallest absolute Gasteiger partial charge is 0.131 e. The van der Waals surface area contributed by atoms with Crippen LogP contribution in [0.25, 0.3) is 20.8 Å². The first-order valence-electron chi connectivity index (χ1n) is 4.80. The van der Waals surface area contributed by atoms with Crippen molar-refractivity contribution in [2.75, 3.05) is 0 Å². The summed E-state index contributed by atoms with van der Waals surface area (Å²) in [6.07, 6.45) is 1.77. The first kappa shape index (κ1) is 9.75. The average Bonchev–Trinajstić information content (AvgIpc) is 2.73. The molecule has 0 fully saturated rings. The molecular weight excluding hydrogens is 240 g/mol. The van der Waals surface area contributed by atoms with E-state index in [2.05, 4.69) is 9.97 Å². The van der Waals surface area contributed by atoms with Gasteiger partial charge in [-0.1, -0.05) is 41.9 Å². The molecule has 0 unspecified atom stereocenters. The van der Waals surface area contributed by atoms with Gasteiger partial charge in [0, 0.05) is 17.8 Å². The van der Waals surface area contributed by atoms with Crippen molar-refractivity contribution in [1.82, 2.24) is 9.97 Å².